The number of ether oxygens (including phenoxy) is 8. The molecule has 0 aliphatic rings. The van der Waals surface area contributed by atoms with Crippen LogP contribution < -0.4 is 49.2 Å². The summed E-state index contributed by atoms with van der Waals surface area (Å²) >= 11 is 25.7. The number of carboxylic acid groups (broad SMARTS) is 1. The number of aryl methyl sites for hydroxylation is 2. The second-order valence-electron chi connectivity index (χ2n) is 23.0. The molecule has 39 heteroatoms. The number of carbonyl (C=O) groups excluding carboxylic acids is 7. The third-order valence-electron chi connectivity index (χ3n) is 13.5. The smallest absolute Gasteiger partial charge is 0.870 e. The molecule has 0 fully saturated rings. The summed E-state index contributed by atoms with van der Waals surface area (Å²) in [5.41, 5.74) is 18.8. The quantitative estimate of drug-likeness (QED) is 0.00610. The number of unbranched alkanes of at least 4 members (excludes halogenated alkanes) is 2. The first-order valence-corrected chi connectivity index (χ1v) is 33.5. The molecule has 2 atom stereocenters. The Morgan fingerprint density at radius 3 is 1.47 bits per heavy atom. The zero-order valence-corrected chi connectivity index (χ0v) is 62.5. The number of Topliss-reactive ketones (excluding diaryl/α,β-unsaturated/α-hetero) is 2. The van der Waals surface area contributed by atoms with E-state index in [1.54, 1.807) is 51.4 Å². The molecule has 4 aromatic rings. The van der Waals surface area contributed by atoms with Gasteiger partial charge in [0, 0.05) is 85.9 Å². The Labute approximate surface area is 638 Å². The Morgan fingerprint density at radius 2 is 1.06 bits per heavy atom. The van der Waals surface area contributed by atoms with Crippen LogP contribution in [0.5, 0.6) is 11.5 Å². The van der Waals surface area contributed by atoms with Crippen molar-refractivity contribution in [2.45, 2.75) is 122 Å². The number of amides is 3. The number of nitrogens with zero attached hydrogens (tertiary/aromatic N) is 9. The summed E-state index contributed by atoms with van der Waals surface area (Å²) in [7, 11) is 1.25. The summed E-state index contributed by atoms with van der Waals surface area (Å²) in [6.45, 7) is 12.9. The van der Waals surface area contributed by atoms with Crippen LogP contribution in [0.1, 0.15) is 119 Å². The second kappa shape index (κ2) is 56.5. The minimum Gasteiger partial charge on any atom is -0.870 e. The maximum atomic E-state index is 13.0. The standard InChI is InChI=1S/C35H48Cl2N6O9.C29H38Cl2N6O7.C2HF3O.Li.2H2O/c1-24-9-10-39-30(18-24)43(34(47)52-35(2,3)4)12-7-6-8-31(45)40-23-27(44)19-25(22-32(46)48-5)26-20-28(36)33(29(37)21-26)51-17-16-50-15-14-49-13-11-41-42-38;1-20-5-7-34-26(14-20)33-6-3-2-4-27(39)35-19-23(38)15-21(18-28(40)41)22-16-24(30)29(25(31)17-22)44-13-12-43-11-10-42-9-8-36-37-32;3-2(4,5)1-6;;;/h9-10,18,20-21,25H,6-8,11-17,19,22-23H2,1-5H3,(H,40,45);5,7,14,16-17,21H,2-4,6,8-13,15,18-19H2,1H3,(H,33,34)(H,35,39)(H,40,41);1H;;2*1H2/q;;;+1;;/p-1. The van der Waals surface area contributed by atoms with Gasteiger partial charge in [-0.25, -0.2) is 14.8 Å². The molecule has 31 nitrogen and oxygen atoms in total. The van der Waals surface area contributed by atoms with Crippen LogP contribution in [0.25, 0.3) is 20.9 Å². The Hall–Kier alpha value is -7.77. The number of alkyl halides is 3. The van der Waals surface area contributed by atoms with E-state index in [1.165, 1.54) is 24.1 Å². The van der Waals surface area contributed by atoms with Gasteiger partial charge in [-0.05, 0) is 142 Å². The molecule has 0 bridgehead atoms. The number of aliphatic carboxylic acids is 1. The van der Waals surface area contributed by atoms with Gasteiger partial charge < -0.3 is 69.9 Å². The van der Waals surface area contributed by atoms with Gasteiger partial charge in [0.25, 0.3) is 0 Å². The number of aldehydes is 1. The molecular weight excluding hydrogens is 1470 g/mol. The predicted molar refractivity (Wildman–Crippen MR) is 380 cm³/mol. The van der Waals surface area contributed by atoms with Crippen molar-refractivity contribution in [1.29, 1.82) is 0 Å². The van der Waals surface area contributed by atoms with E-state index in [0.29, 0.717) is 82.4 Å². The summed E-state index contributed by atoms with van der Waals surface area (Å²) in [5.74, 6) is -2.49. The van der Waals surface area contributed by atoms with E-state index in [2.05, 4.69) is 46.0 Å². The SMILES string of the molecule is COC(=O)CC(CC(=O)CNC(=O)CCCCN(C(=O)OC(C)(C)C)c1cc(C)ccn1)c1cc(Cl)c(OCCOCCOCCN=[N+]=[N-])c(Cl)c1.Cc1ccnc(NCCCCC(=O)NCC(=O)CC(CC(=O)O)c2cc(Cl)c(OCCOCCOCCN=[N+]=[N-])c(Cl)c2)c1.O.O=CC(F)(F)F.[Li+].[OH-]. The molecule has 2 heterocycles. The number of rotatable bonds is 46. The number of esters is 1. The van der Waals surface area contributed by atoms with Crippen LogP contribution in [0.2, 0.25) is 20.1 Å². The molecule has 7 N–H and O–H groups in total. The number of benzene rings is 2. The van der Waals surface area contributed by atoms with Crippen LogP contribution in [0.15, 0.2) is 71.2 Å². The fraction of sp³-hybridized carbons (Fsp3) is 0.545. The zero-order valence-electron chi connectivity index (χ0n) is 59.5. The summed E-state index contributed by atoms with van der Waals surface area (Å²) in [4.78, 5) is 111. The maximum absolute atomic E-state index is 13.0. The van der Waals surface area contributed by atoms with Crippen LogP contribution in [0.4, 0.5) is 29.6 Å². The van der Waals surface area contributed by atoms with Crippen molar-refractivity contribution < 1.29 is 124 Å². The normalized spacial score (nSPS) is 11.1. The number of anilines is 2. The predicted octanol–water partition coefficient (Wildman–Crippen LogP) is 8.84. The van der Waals surface area contributed by atoms with E-state index in [4.69, 9.17) is 100 Å². The molecule has 0 saturated carbocycles. The number of carbonyl (C=O) groups is 8. The topological polar surface area (TPSA) is 455 Å². The molecule has 105 heavy (non-hydrogen) atoms. The molecule has 4 rings (SSSR count). The third kappa shape index (κ3) is 46.7. The number of methoxy groups -OCH3 is 1. The molecule has 0 aliphatic heterocycles. The van der Waals surface area contributed by atoms with Crippen molar-refractivity contribution >= 4 is 106 Å². The average molecular weight is 1560 g/mol. The van der Waals surface area contributed by atoms with E-state index in [0.717, 1.165) is 23.4 Å². The molecule has 0 saturated heterocycles. The van der Waals surface area contributed by atoms with Crippen LogP contribution in [-0.2, 0) is 62.0 Å². The molecule has 0 radical (unpaired) electrons. The van der Waals surface area contributed by atoms with Crippen molar-refractivity contribution in [3.63, 3.8) is 0 Å². The van der Waals surface area contributed by atoms with Gasteiger partial charge in [-0.2, -0.15) is 13.2 Å². The summed E-state index contributed by atoms with van der Waals surface area (Å²) in [6, 6.07) is 13.7. The molecule has 2 aromatic heterocycles. The van der Waals surface area contributed by atoms with E-state index in [-0.39, 0.29) is 182 Å². The van der Waals surface area contributed by atoms with E-state index >= 15 is 0 Å². The fourth-order valence-electron chi connectivity index (χ4n) is 8.73. The second-order valence-corrected chi connectivity index (χ2v) is 24.7. The number of aromatic nitrogens is 2. The van der Waals surface area contributed by atoms with E-state index in [9.17, 15) is 51.8 Å². The minimum atomic E-state index is -4.64. The molecule has 2 unspecified atom stereocenters. The Kier molecular flexibility index (Phi) is 53.5. The summed E-state index contributed by atoms with van der Waals surface area (Å²) in [5, 5.41) is 25.3. The number of hydrogen-bond donors (Lipinski definition) is 4. The summed E-state index contributed by atoms with van der Waals surface area (Å²) < 4.78 is 74.3. The largest absolute Gasteiger partial charge is 1.00 e. The molecule has 3 amide bonds. The van der Waals surface area contributed by atoms with Crippen molar-refractivity contribution in [3.8, 4) is 11.5 Å². The first-order valence-electron chi connectivity index (χ1n) is 32.0. The molecule has 578 valence electrons. The maximum Gasteiger partial charge on any atom is 1.00 e. The van der Waals surface area contributed by atoms with Gasteiger partial charge >= 0.3 is 43.1 Å². The van der Waals surface area contributed by atoms with Crippen LogP contribution >= 0.6 is 46.4 Å². The number of nitrogens with one attached hydrogen (secondary N) is 3. The van der Waals surface area contributed by atoms with Gasteiger partial charge in [0.15, 0.2) is 23.1 Å². The molecular formula is C66H90Cl4F3LiN12O19. The number of azide groups is 2. The zero-order chi connectivity index (χ0) is 75.9. The van der Waals surface area contributed by atoms with Gasteiger partial charge in [0.1, 0.15) is 30.5 Å². The van der Waals surface area contributed by atoms with Gasteiger partial charge in [0.05, 0.1) is 106 Å². The third-order valence-corrected chi connectivity index (χ3v) is 14.6. The first-order chi connectivity index (χ1) is 48.5. The van der Waals surface area contributed by atoms with E-state index in [1.807, 2.05) is 32.0 Å². The van der Waals surface area contributed by atoms with Crippen LogP contribution in [0.3, 0.4) is 0 Å². The molecule has 0 spiro atoms. The first kappa shape index (κ1) is 99.3. The minimum absolute atomic E-state index is 0. The average Bonchev–Trinajstić information content (AvgIpc) is 0.832. The van der Waals surface area contributed by atoms with Crippen molar-refractivity contribution in [2.75, 3.05) is 123 Å². The van der Waals surface area contributed by atoms with Gasteiger partial charge in [-0.3, -0.25) is 38.5 Å². The van der Waals surface area contributed by atoms with Gasteiger partial charge in [-0.1, -0.05) is 56.6 Å². The molecule has 2 aromatic carbocycles. The fourth-order valence-corrected chi connectivity index (χ4v) is 9.96. The number of hydrogen-bond acceptors (Lipinski definition) is 22. The van der Waals surface area contributed by atoms with Crippen molar-refractivity contribution in [1.82, 2.24) is 20.6 Å². The molecule has 0 aliphatic carbocycles. The number of halogens is 7. The van der Waals surface area contributed by atoms with E-state index < -0.39 is 47.9 Å². The Bertz CT molecular complexity index is 3370. The Balaban J connectivity index is 0. The van der Waals surface area contributed by atoms with Gasteiger partial charge in [-0.15, -0.1) is 0 Å². The number of ketones is 2. The Morgan fingerprint density at radius 1 is 0.638 bits per heavy atom. The van der Waals surface area contributed by atoms with Crippen molar-refractivity contribution in [2.24, 2.45) is 10.2 Å². The van der Waals surface area contributed by atoms with Crippen LogP contribution in [-0.4, -0.2) is 198 Å². The van der Waals surface area contributed by atoms with Crippen LogP contribution in [0, 0.1) is 13.8 Å². The number of carboxylic acids is 1. The number of pyridine rings is 2. The van der Waals surface area contributed by atoms with Crippen molar-refractivity contribution in [3.05, 3.63) is 124 Å². The monoisotopic (exact) mass is 1560 g/mol. The summed E-state index contributed by atoms with van der Waals surface area (Å²) in [6.07, 6.45) is -0.823. The van der Waals surface area contributed by atoms with Gasteiger partial charge in [0.2, 0.25) is 18.1 Å².